The van der Waals surface area contributed by atoms with Gasteiger partial charge in [-0.2, -0.15) is 10.4 Å². The number of aromatic amines is 1. The van der Waals surface area contributed by atoms with Crippen LogP contribution in [0.2, 0.25) is 0 Å². The molecule has 0 aliphatic rings. The van der Waals surface area contributed by atoms with E-state index < -0.39 is 12.0 Å². The molecule has 0 unspecified atom stereocenters. The number of methoxy groups -OCH3 is 1. The van der Waals surface area contributed by atoms with Crippen molar-refractivity contribution in [2.24, 2.45) is 0 Å². The van der Waals surface area contributed by atoms with E-state index in [0.717, 1.165) is 11.1 Å². The molecule has 0 radical (unpaired) electrons. The van der Waals surface area contributed by atoms with Gasteiger partial charge < -0.3 is 4.74 Å². The summed E-state index contributed by atoms with van der Waals surface area (Å²) >= 11 is 0. The molecular formula is C19H17N5O2. The molecule has 7 nitrogen and oxygen atoms in total. The second-order valence-corrected chi connectivity index (χ2v) is 5.61. The lowest BCUT2D eigenvalue weighted by Gasteiger charge is -2.17. The van der Waals surface area contributed by atoms with E-state index in [-0.39, 0.29) is 0 Å². The summed E-state index contributed by atoms with van der Waals surface area (Å²) in [4.78, 5) is 16.3. The van der Waals surface area contributed by atoms with Crippen molar-refractivity contribution < 1.29 is 9.53 Å². The number of nitriles is 1. The fourth-order valence-corrected chi connectivity index (χ4v) is 2.64. The third-order valence-corrected chi connectivity index (χ3v) is 3.91. The number of hydrogen-bond acceptors (Lipinski definition) is 6. The van der Waals surface area contributed by atoms with E-state index in [4.69, 9.17) is 10.00 Å². The minimum absolute atomic E-state index is 0.411. The molecule has 0 aliphatic heterocycles. The number of ether oxygens (including phenoxy) is 1. The van der Waals surface area contributed by atoms with Crippen LogP contribution in [0.15, 0.2) is 54.9 Å². The Morgan fingerprint density at radius 2 is 2.15 bits per heavy atom. The number of nitrogens with zero attached hydrogens (tertiary/aromatic N) is 3. The molecule has 1 atom stereocenters. The van der Waals surface area contributed by atoms with Gasteiger partial charge >= 0.3 is 5.97 Å². The van der Waals surface area contributed by atoms with E-state index in [1.807, 2.05) is 24.3 Å². The van der Waals surface area contributed by atoms with Crippen LogP contribution >= 0.6 is 0 Å². The molecule has 2 aromatic carbocycles. The SMILES string of the molecule is COC(=O)[C@H](NCc1cccc(-c2ncn[nH]2)c1)c1cccc(C#N)c1. The van der Waals surface area contributed by atoms with Crippen molar-refractivity contribution in [3.05, 3.63) is 71.5 Å². The molecule has 3 aromatic rings. The molecular weight excluding hydrogens is 330 g/mol. The summed E-state index contributed by atoms with van der Waals surface area (Å²) < 4.78 is 4.90. The molecule has 130 valence electrons. The third-order valence-electron chi connectivity index (χ3n) is 3.91. The number of carbonyl (C=O) groups is 1. The standard InChI is InChI=1S/C19H17N5O2/c1-26-19(25)17(15-6-2-4-13(8-15)10-20)21-11-14-5-3-7-16(9-14)18-22-12-23-24-18/h2-9,12,17,21H,11H2,1H3,(H,22,23,24)/t17-/m1/s1. The Bertz CT molecular complexity index is 931. The summed E-state index contributed by atoms with van der Waals surface area (Å²) in [6, 6.07) is 16.1. The highest BCUT2D eigenvalue weighted by Gasteiger charge is 2.21. The molecule has 0 fully saturated rings. The summed E-state index contributed by atoms with van der Waals surface area (Å²) in [5, 5.41) is 18.9. The van der Waals surface area contributed by atoms with Crippen LogP contribution < -0.4 is 5.32 Å². The van der Waals surface area contributed by atoms with Crippen LogP contribution in [0.4, 0.5) is 0 Å². The van der Waals surface area contributed by atoms with Gasteiger partial charge in [0.1, 0.15) is 12.4 Å². The van der Waals surface area contributed by atoms with Crippen molar-refractivity contribution in [3.8, 4) is 17.5 Å². The molecule has 0 saturated heterocycles. The minimum Gasteiger partial charge on any atom is -0.468 e. The maximum Gasteiger partial charge on any atom is 0.327 e. The van der Waals surface area contributed by atoms with E-state index in [0.29, 0.717) is 23.5 Å². The van der Waals surface area contributed by atoms with Gasteiger partial charge in [-0.25, -0.2) is 9.78 Å². The predicted molar refractivity (Wildman–Crippen MR) is 94.6 cm³/mol. The first-order chi connectivity index (χ1) is 12.7. The molecule has 0 amide bonds. The van der Waals surface area contributed by atoms with Gasteiger partial charge in [-0.15, -0.1) is 0 Å². The number of H-pyrrole nitrogens is 1. The number of carbonyl (C=O) groups excluding carboxylic acids is 1. The van der Waals surface area contributed by atoms with Crippen LogP contribution in [0.5, 0.6) is 0 Å². The highest BCUT2D eigenvalue weighted by molar-refractivity contribution is 5.77. The first-order valence-electron chi connectivity index (χ1n) is 7.97. The Balaban J connectivity index is 1.79. The largest absolute Gasteiger partial charge is 0.468 e. The molecule has 0 bridgehead atoms. The monoisotopic (exact) mass is 347 g/mol. The highest BCUT2D eigenvalue weighted by Crippen LogP contribution is 2.19. The van der Waals surface area contributed by atoms with Crippen molar-refractivity contribution in [1.82, 2.24) is 20.5 Å². The van der Waals surface area contributed by atoms with Gasteiger partial charge in [0.25, 0.3) is 0 Å². The van der Waals surface area contributed by atoms with Crippen molar-refractivity contribution in [2.45, 2.75) is 12.6 Å². The number of rotatable bonds is 6. The first kappa shape index (κ1) is 17.3. The number of aromatic nitrogens is 3. The summed E-state index contributed by atoms with van der Waals surface area (Å²) in [6.07, 6.45) is 1.45. The van der Waals surface area contributed by atoms with E-state index in [2.05, 4.69) is 26.6 Å². The quantitative estimate of drug-likeness (QED) is 0.663. The minimum atomic E-state index is -0.665. The van der Waals surface area contributed by atoms with Gasteiger partial charge in [0, 0.05) is 12.1 Å². The van der Waals surface area contributed by atoms with Crippen LogP contribution in [0, 0.1) is 11.3 Å². The zero-order chi connectivity index (χ0) is 18.4. The number of benzene rings is 2. The lowest BCUT2D eigenvalue weighted by atomic mass is 10.0. The Morgan fingerprint density at radius 1 is 1.31 bits per heavy atom. The van der Waals surface area contributed by atoms with Crippen LogP contribution in [0.3, 0.4) is 0 Å². The van der Waals surface area contributed by atoms with E-state index in [9.17, 15) is 4.79 Å². The smallest absolute Gasteiger partial charge is 0.327 e. The lowest BCUT2D eigenvalue weighted by Crippen LogP contribution is -2.29. The molecule has 0 aliphatic carbocycles. The zero-order valence-electron chi connectivity index (χ0n) is 14.1. The maximum absolute atomic E-state index is 12.2. The fraction of sp³-hybridized carbons (Fsp3) is 0.158. The summed E-state index contributed by atoms with van der Waals surface area (Å²) in [7, 11) is 1.34. The van der Waals surface area contributed by atoms with Crippen molar-refractivity contribution in [2.75, 3.05) is 7.11 Å². The Labute approximate surface area is 150 Å². The van der Waals surface area contributed by atoms with Crippen molar-refractivity contribution >= 4 is 5.97 Å². The molecule has 26 heavy (non-hydrogen) atoms. The van der Waals surface area contributed by atoms with Gasteiger partial charge in [0.2, 0.25) is 0 Å². The van der Waals surface area contributed by atoms with Crippen LogP contribution in [-0.2, 0) is 16.1 Å². The first-order valence-corrected chi connectivity index (χ1v) is 7.97. The van der Waals surface area contributed by atoms with Crippen LogP contribution in [0.25, 0.3) is 11.4 Å². The molecule has 3 rings (SSSR count). The number of esters is 1. The van der Waals surface area contributed by atoms with Crippen molar-refractivity contribution in [1.29, 1.82) is 5.26 Å². The van der Waals surface area contributed by atoms with E-state index in [1.54, 1.807) is 24.3 Å². The van der Waals surface area contributed by atoms with Gasteiger partial charge in [-0.1, -0.05) is 30.3 Å². The van der Waals surface area contributed by atoms with Gasteiger partial charge in [-0.3, -0.25) is 10.4 Å². The topological polar surface area (TPSA) is 104 Å². The molecule has 0 saturated carbocycles. The summed E-state index contributed by atoms with van der Waals surface area (Å²) in [5.74, 6) is 0.268. The molecule has 7 heteroatoms. The Kier molecular flexibility index (Phi) is 5.37. The molecule has 0 spiro atoms. The predicted octanol–water partition coefficient (Wildman–Crippen LogP) is 2.35. The normalized spacial score (nSPS) is 11.5. The van der Waals surface area contributed by atoms with E-state index in [1.165, 1.54) is 13.4 Å². The maximum atomic E-state index is 12.2. The number of nitrogens with one attached hydrogen (secondary N) is 2. The van der Waals surface area contributed by atoms with E-state index >= 15 is 0 Å². The fourth-order valence-electron chi connectivity index (χ4n) is 2.64. The zero-order valence-corrected chi connectivity index (χ0v) is 14.1. The third kappa shape index (κ3) is 3.94. The second kappa shape index (κ2) is 8.05. The molecule has 2 N–H and O–H groups in total. The molecule has 1 aromatic heterocycles. The van der Waals surface area contributed by atoms with Crippen molar-refractivity contribution in [3.63, 3.8) is 0 Å². The van der Waals surface area contributed by atoms with Crippen LogP contribution in [0.1, 0.15) is 22.7 Å². The summed E-state index contributed by atoms with van der Waals surface area (Å²) in [6.45, 7) is 0.443. The van der Waals surface area contributed by atoms with Gasteiger partial charge in [0.05, 0.1) is 18.7 Å². The average Bonchev–Trinajstić information content (AvgIpc) is 3.23. The average molecular weight is 347 g/mol. The highest BCUT2D eigenvalue weighted by atomic mass is 16.5. The summed E-state index contributed by atoms with van der Waals surface area (Å²) in [5.41, 5.74) is 3.06. The van der Waals surface area contributed by atoms with Gasteiger partial charge in [0.15, 0.2) is 5.82 Å². The number of hydrogen-bond donors (Lipinski definition) is 2. The van der Waals surface area contributed by atoms with Crippen LogP contribution in [-0.4, -0.2) is 28.3 Å². The molecule has 1 heterocycles. The Morgan fingerprint density at radius 3 is 2.88 bits per heavy atom. The van der Waals surface area contributed by atoms with Gasteiger partial charge in [-0.05, 0) is 29.3 Å². The second-order valence-electron chi connectivity index (χ2n) is 5.61. The Hall–Kier alpha value is -3.50. The lowest BCUT2D eigenvalue weighted by molar-refractivity contribution is -0.143.